The van der Waals surface area contributed by atoms with Gasteiger partial charge in [-0.25, -0.2) is 0 Å². The molecule has 0 aliphatic rings. The van der Waals surface area contributed by atoms with Crippen molar-refractivity contribution in [2.24, 2.45) is 35.3 Å². The molecule has 1 rings (SSSR count). The number of nitrogens with two attached hydrogens (primary N) is 1. The Balaban J connectivity index is 3.57. The molecule has 202 valence electrons. The smallest absolute Gasteiger partial charge is 0.321 e. The molecule has 6 atom stereocenters. The standard InChI is InChI=1S/C27H41NO8/c1-13(2)15(5)26(32)35-21-11-10-20(12-22(21)36-27(33)16(6)14(3)4)23(24(28)25(30)31)17(7)18(8)34-19(9)29/h10-18,23-24H,28H2,1-9H3,(H,30,31)/t15?,16?,17?,18?,23?,24-/m0/s1. The number of hydrogen-bond donors (Lipinski definition) is 2. The van der Waals surface area contributed by atoms with Crippen molar-refractivity contribution in [1.29, 1.82) is 0 Å². The summed E-state index contributed by atoms with van der Waals surface area (Å²) >= 11 is 0. The number of carboxylic acid groups (broad SMARTS) is 1. The lowest BCUT2D eigenvalue weighted by molar-refractivity contribution is -0.148. The summed E-state index contributed by atoms with van der Waals surface area (Å²) in [4.78, 5) is 48.8. The summed E-state index contributed by atoms with van der Waals surface area (Å²) in [7, 11) is 0. The average Bonchev–Trinajstić information content (AvgIpc) is 2.78. The van der Waals surface area contributed by atoms with Crippen molar-refractivity contribution in [2.75, 3.05) is 0 Å². The van der Waals surface area contributed by atoms with E-state index in [4.69, 9.17) is 19.9 Å². The minimum atomic E-state index is -1.34. The minimum Gasteiger partial charge on any atom is -0.480 e. The van der Waals surface area contributed by atoms with Gasteiger partial charge in [-0.1, -0.05) is 54.5 Å². The van der Waals surface area contributed by atoms with Crippen LogP contribution >= 0.6 is 0 Å². The van der Waals surface area contributed by atoms with Gasteiger partial charge >= 0.3 is 23.9 Å². The predicted molar refractivity (Wildman–Crippen MR) is 134 cm³/mol. The van der Waals surface area contributed by atoms with E-state index in [1.54, 1.807) is 33.8 Å². The van der Waals surface area contributed by atoms with Gasteiger partial charge in [-0.3, -0.25) is 19.2 Å². The molecule has 0 amide bonds. The topological polar surface area (TPSA) is 142 Å². The van der Waals surface area contributed by atoms with Crippen molar-refractivity contribution in [2.45, 2.75) is 80.4 Å². The molecule has 0 fully saturated rings. The molecule has 0 bridgehead atoms. The van der Waals surface area contributed by atoms with Crippen molar-refractivity contribution in [3.05, 3.63) is 23.8 Å². The third kappa shape index (κ3) is 8.33. The monoisotopic (exact) mass is 507 g/mol. The molecule has 0 saturated carbocycles. The lowest BCUT2D eigenvalue weighted by Gasteiger charge is -2.31. The molecule has 9 heteroatoms. The van der Waals surface area contributed by atoms with Crippen molar-refractivity contribution >= 4 is 23.9 Å². The van der Waals surface area contributed by atoms with Crippen LogP contribution in [0.15, 0.2) is 18.2 Å². The number of hydrogen-bond acceptors (Lipinski definition) is 8. The van der Waals surface area contributed by atoms with E-state index in [1.165, 1.54) is 19.1 Å². The first kappa shape index (κ1) is 31.1. The first-order chi connectivity index (χ1) is 16.6. The molecule has 1 aromatic rings. The van der Waals surface area contributed by atoms with Gasteiger partial charge in [0.2, 0.25) is 0 Å². The van der Waals surface area contributed by atoms with Crippen LogP contribution in [-0.2, 0) is 23.9 Å². The van der Waals surface area contributed by atoms with Crippen LogP contribution < -0.4 is 15.2 Å². The number of benzene rings is 1. The van der Waals surface area contributed by atoms with E-state index >= 15 is 0 Å². The van der Waals surface area contributed by atoms with Gasteiger partial charge in [0.15, 0.2) is 11.5 Å². The van der Waals surface area contributed by atoms with E-state index in [-0.39, 0.29) is 23.3 Å². The van der Waals surface area contributed by atoms with Crippen molar-refractivity contribution in [1.82, 2.24) is 0 Å². The molecule has 0 heterocycles. The summed E-state index contributed by atoms with van der Waals surface area (Å²) in [5.41, 5.74) is 6.50. The Kier molecular flexibility index (Phi) is 11.6. The second-order valence-electron chi connectivity index (χ2n) is 10.2. The fraction of sp³-hybridized carbons (Fsp3) is 0.630. The molecular formula is C27H41NO8. The summed E-state index contributed by atoms with van der Waals surface area (Å²) in [6.07, 6.45) is -0.644. The highest BCUT2D eigenvalue weighted by Gasteiger charge is 2.36. The summed E-state index contributed by atoms with van der Waals surface area (Å²) in [6, 6.07) is 3.17. The second kappa shape index (κ2) is 13.4. The highest BCUT2D eigenvalue weighted by atomic mass is 16.6. The first-order valence-corrected chi connectivity index (χ1v) is 12.3. The zero-order valence-electron chi connectivity index (χ0n) is 22.7. The van der Waals surface area contributed by atoms with Crippen LogP contribution in [0, 0.1) is 29.6 Å². The number of carbonyl (C=O) groups excluding carboxylic acids is 3. The van der Waals surface area contributed by atoms with E-state index in [0.29, 0.717) is 5.56 Å². The quantitative estimate of drug-likeness (QED) is 0.315. The molecule has 36 heavy (non-hydrogen) atoms. The van der Waals surface area contributed by atoms with E-state index in [2.05, 4.69) is 0 Å². The molecule has 0 saturated heterocycles. The van der Waals surface area contributed by atoms with Crippen molar-refractivity contribution in [3.63, 3.8) is 0 Å². The van der Waals surface area contributed by atoms with Crippen LogP contribution in [0.25, 0.3) is 0 Å². The maximum absolute atomic E-state index is 12.8. The lowest BCUT2D eigenvalue weighted by Crippen LogP contribution is -2.42. The molecule has 9 nitrogen and oxygen atoms in total. The number of esters is 3. The molecule has 0 aliphatic carbocycles. The third-order valence-corrected chi connectivity index (χ3v) is 6.85. The Morgan fingerprint density at radius 2 is 1.28 bits per heavy atom. The molecule has 0 aliphatic heterocycles. The van der Waals surface area contributed by atoms with Gasteiger partial charge in [0.25, 0.3) is 0 Å². The largest absolute Gasteiger partial charge is 0.480 e. The predicted octanol–water partition coefficient (Wildman–Crippen LogP) is 4.16. The summed E-state index contributed by atoms with van der Waals surface area (Å²) in [5, 5.41) is 9.67. The van der Waals surface area contributed by atoms with E-state index in [0.717, 1.165) is 0 Å². The van der Waals surface area contributed by atoms with Gasteiger partial charge in [-0.2, -0.15) is 0 Å². The first-order valence-electron chi connectivity index (χ1n) is 12.3. The Morgan fingerprint density at radius 3 is 1.69 bits per heavy atom. The zero-order chi connectivity index (χ0) is 27.9. The van der Waals surface area contributed by atoms with Crippen LogP contribution in [0.1, 0.15) is 73.8 Å². The molecule has 0 radical (unpaired) electrons. The SMILES string of the molecule is CC(=O)OC(C)C(C)C(c1ccc(OC(=O)C(C)C(C)C)c(OC(=O)C(C)C(C)C)c1)[C@H](N)C(=O)O. The molecule has 3 N–H and O–H groups in total. The molecule has 5 unspecified atom stereocenters. The van der Waals surface area contributed by atoms with Gasteiger partial charge in [0.05, 0.1) is 11.8 Å². The van der Waals surface area contributed by atoms with Gasteiger partial charge < -0.3 is 25.1 Å². The highest BCUT2D eigenvalue weighted by Crippen LogP contribution is 2.38. The number of aliphatic carboxylic acids is 1. The normalized spacial score (nSPS) is 16.4. The fourth-order valence-electron chi connectivity index (χ4n) is 3.50. The van der Waals surface area contributed by atoms with E-state index < -0.39 is 59.7 Å². The van der Waals surface area contributed by atoms with Gasteiger partial charge in [-0.15, -0.1) is 0 Å². The summed E-state index contributed by atoms with van der Waals surface area (Å²) < 4.78 is 16.5. The molecule has 1 aromatic carbocycles. The maximum atomic E-state index is 12.8. The molecule has 0 spiro atoms. The van der Waals surface area contributed by atoms with Crippen molar-refractivity contribution < 1.29 is 38.5 Å². The maximum Gasteiger partial charge on any atom is 0.321 e. The fourth-order valence-corrected chi connectivity index (χ4v) is 3.50. The van der Waals surface area contributed by atoms with Gasteiger partial charge in [0.1, 0.15) is 12.1 Å². The van der Waals surface area contributed by atoms with Crippen LogP contribution in [0.5, 0.6) is 11.5 Å². The summed E-state index contributed by atoms with van der Waals surface area (Å²) in [6.45, 7) is 15.7. The van der Waals surface area contributed by atoms with E-state index in [9.17, 15) is 24.3 Å². The Hall–Kier alpha value is -2.94. The van der Waals surface area contributed by atoms with Crippen LogP contribution in [0.3, 0.4) is 0 Å². The number of carboxylic acids is 1. The molecular weight excluding hydrogens is 466 g/mol. The van der Waals surface area contributed by atoms with Crippen LogP contribution in [-0.4, -0.2) is 41.1 Å². The number of ether oxygens (including phenoxy) is 3. The van der Waals surface area contributed by atoms with Gasteiger partial charge in [0, 0.05) is 18.8 Å². The van der Waals surface area contributed by atoms with Crippen LogP contribution in [0.2, 0.25) is 0 Å². The van der Waals surface area contributed by atoms with E-state index in [1.807, 2.05) is 27.7 Å². The highest BCUT2D eigenvalue weighted by molar-refractivity contribution is 5.79. The minimum absolute atomic E-state index is 0.00503. The average molecular weight is 508 g/mol. The third-order valence-electron chi connectivity index (χ3n) is 6.85. The number of carbonyl (C=O) groups is 4. The zero-order valence-corrected chi connectivity index (χ0v) is 22.7. The lowest BCUT2D eigenvalue weighted by atomic mass is 9.79. The van der Waals surface area contributed by atoms with Gasteiger partial charge in [-0.05, 0) is 36.5 Å². The summed E-state index contributed by atoms with van der Waals surface area (Å²) in [5.74, 6) is -4.83. The Morgan fingerprint density at radius 1 is 0.806 bits per heavy atom. The Bertz CT molecular complexity index is 942. The van der Waals surface area contributed by atoms with Crippen LogP contribution in [0.4, 0.5) is 0 Å². The van der Waals surface area contributed by atoms with Crippen molar-refractivity contribution in [3.8, 4) is 11.5 Å². The number of rotatable bonds is 12. The second-order valence-corrected chi connectivity index (χ2v) is 10.2. The molecule has 0 aromatic heterocycles. The Labute approximate surface area is 213 Å².